The summed E-state index contributed by atoms with van der Waals surface area (Å²) in [4.78, 5) is 19.3. The molecular weight excluding hydrogens is 340 g/mol. The lowest BCUT2D eigenvalue weighted by Crippen LogP contribution is -2.41. The molecule has 0 radical (unpaired) electrons. The second-order valence-corrected chi connectivity index (χ2v) is 7.16. The Morgan fingerprint density at radius 1 is 1.19 bits per heavy atom. The molecule has 0 aromatic carbocycles. The van der Waals surface area contributed by atoms with Crippen molar-refractivity contribution in [3.63, 3.8) is 0 Å². The average molecular weight is 364 g/mol. The Morgan fingerprint density at radius 3 is 2.67 bits per heavy atom. The summed E-state index contributed by atoms with van der Waals surface area (Å²) in [6.07, 6.45) is 9.22. The largest absolute Gasteiger partial charge is 0.460 e. The molecule has 1 saturated carbocycles. The van der Waals surface area contributed by atoms with Crippen LogP contribution in [0.5, 0.6) is 0 Å². The highest BCUT2D eigenvalue weighted by molar-refractivity contribution is 5.93. The van der Waals surface area contributed by atoms with Crippen molar-refractivity contribution in [1.82, 2.24) is 20.1 Å². The summed E-state index contributed by atoms with van der Waals surface area (Å²) in [5.74, 6) is 1.48. The molecule has 1 amide bonds. The molecule has 0 saturated heterocycles. The summed E-state index contributed by atoms with van der Waals surface area (Å²) in [6.45, 7) is 2.47. The number of hydrogen-bond donors (Lipinski definition) is 1. The Kier molecular flexibility index (Phi) is 5.05. The first kappa shape index (κ1) is 17.5. The highest BCUT2D eigenvalue weighted by Gasteiger charge is 2.28. The van der Waals surface area contributed by atoms with Gasteiger partial charge in [-0.3, -0.25) is 14.9 Å². The molecule has 0 unspecified atom stereocenters. The summed E-state index contributed by atoms with van der Waals surface area (Å²) < 4.78 is 5.63. The van der Waals surface area contributed by atoms with Gasteiger partial charge in [0.15, 0.2) is 11.5 Å². The summed E-state index contributed by atoms with van der Waals surface area (Å²) in [7, 11) is 0. The quantitative estimate of drug-likeness (QED) is 0.730. The predicted octanol–water partition coefficient (Wildman–Crippen LogP) is 4.35. The fourth-order valence-corrected chi connectivity index (χ4v) is 3.73. The molecule has 0 spiro atoms. The number of nitrogens with zero attached hydrogens (tertiary/aromatic N) is 3. The number of carbonyl (C=O) groups excluding carboxylic acids is 1. The molecule has 1 N–H and O–H groups in total. The highest BCUT2D eigenvalue weighted by atomic mass is 16.3. The zero-order chi connectivity index (χ0) is 18.6. The number of amides is 1. The number of aryl methyl sites for hydroxylation is 1. The van der Waals surface area contributed by atoms with Crippen LogP contribution in [0.1, 0.15) is 53.9 Å². The van der Waals surface area contributed by atoms with Gasteiger partial charge in [0.2, 0.25) is 0 Å². The maximum atomic E-state index is 13.3. The molecule has 3 aromatic rings. The third kappa shape index (κ3) is 3.94. The van der Waals surface area contributed by atoms with Crippen molar-refractivity contribution in [3.8, 4) is 11.5 Å². The smallest absolute Gasteiger partial charge is 0.274 e. The van der Waals surface area contributed by atoms with Crippen molar-refractivity contribution in [2.45, 2.75) is 51.6 Å². The zero-order valence-corrected chi connectivity index (χ0v) is 15.5. The monoisotopic (exact) mass is 364 g/mol. The standard InChI is InChI=1S/C21H24N4O2/c1-15-7-8-20(27-15)18-13-19(24-23-18)21(26)25(17-5-3-2-4-6-17)14-16-9-11-22-12-10-16/h7-13,17H,2-6,14H2,1H3,(H,23,24). The lowest BCUT2D eigenvalue weighted by Gasteiger charge is -2.34. The van der Waals surface area contributed by atoms with Crippen molar-refractivity contribution < 1.29 is 9.21 Å². The average Bonchev–Trinajstić information content (AvgIpc) is 3.36. The minimum Gasteiger partial charge on any atom is -0.460 e. The summed E-state index contributed by atoms with van der Waals surface area (Å²) in [5, 5.41) is 7.21. The normalized spacial score (nSPS) is 15.0. The first-order valence-corrected chi connectivity index (χ1v) is 9.53. The van der Waals surface area contributed by atoms with Crippen LogP contribution in [0, 0.1) is 6.92 Å². The first-order valence-electron chi connectivity index (χ1n) is 9.53. The Balaban J connectivity index is 1.59. The molecule has 0 bridgehead atoms. The van der Waals surface area contributed by atoms with Crippen molar-refractivity contribution in [2.24, 2.45) is 0 Å². The lowest BCUT2D eigenvalue weighted by atomic mass is 9.93. The van der Waals surface area contributed by atoms with Crippen LogP contribution in [-0.2, 0) is 6.54 Å². The Morgan fingerprint density at radius 2 is 1.96 bits per heavy atom. The molecule has 1 fully saturated rings. The Labute approximate surface area is 158 Å². The number of furan rings is 1. The third-order valence-electron chi connectivity index (χ3n) is 5.18. The number of carbonyl (C=O) groups is 1. The highest BCUT2D eigenvalue weighted by Crippen LogP contribution is 2.27. The lowest BCUT2D eigenvalue weighted by molar-refractivity contribution is 0.0608. The molecule has 140 valence electrons. The van der Waals surface area contributed by atoms with Gasteiger partial charge in [-0.25, -0.2) is 0 Å². The number of aromatic amines is 1. The van der Waals surface area contributed by atoms with Crippen LogP contribution in [0.4, 0.5) is 0 Å². The minimum atomic E-state index is -0.0375. The summed E-state index contributed by atoms with van der Waals surface area (Å²) in [5.41, 5.74) is 2.24. The van der Waals surface area contributed by atoms with Gasteiger partial charge >= 0.3 is 0 Å². The SMILES string of the molecule is Cc1ccc(-c2cc(C(=O)N(Cc3ccncc3)C3CCCCC3)n[nH]2)o1. The van der Waals surface area contributed by atoms with Crippen LogP contribution in [-0.4, -0.2) is 32.0 Å². The molecule has 0 atom stereocenters. The number of rotatable bonds is 5. The predicted molar refractivity (Wildman–Crippen MR) is 102 cm³/mol. The van der Waals surface area contributed by atoms with Crippen LogP contribution in [0.15, 0.2) is 47.1 Å². The molecule has 3 heterocycles. The molecule has 0 aliphatic heterocycles. The number of nitrogens with one attached hydrogen (secondary N) is 1. The van der Waals surface area contributed by atoms with E-state index >= 15 is 0 Å². The fourth-order valence-electron chi connectivity index (χ4n) is 3.73. The van der Waals surface area contributed by atoms with Gasteiger partial charge in [0.25, 0.3) is 5.91 Å². The van der Waals surface area contributed by atoms with E-state index in [0.717, 1.165) is 29.9 Å². The van der Waals surface area contributed by atoms with E-state index in [1.54, 1.807) is 18.5 Å². The molecule has 27 heavy (non-hydrogen) atoms. The van der Waals surface area contributed by atoms with E-state index in [-0.39, 0.29) is 11.9 Å². The van der Waals surface area contributed by atoms with Crippen LogP contribution in [0.3, 0.4) is 0 Å². The first-order chi connectivity index (χ1) is 13.2. The fraction of sp³-hybridized carbons (Fsp3) is 0.381. The van der Waals surface area contributed by atoms with Gasteiger partial charge in [0, 0.05) is 31.0 Å². The minimum absolute atomic E-state index is 0.0375. The van der Waals surface area contributed by atoms with E-state index in [1.165, 1.54) is 19.3 Å². The number of pyridine rings is 1. The van der Waals surface area contributed by atoms with Crippen molar-refractivity contribution >= 4 is 5.91 Å². The van der Waals surface area contributed by atoms with Gasteiger partial charge in [-0.2, -0.15) is 5.10 Å². The van der Waals surface area contributed by atoms with E-state index in [2.05, 4.69) is 15.2 Å². The van der Waals surface area contributed by atoms with Gasteiger partial charge in [-0.05, 0) is 49.6 Å². The molecule has 1 aliphatic rings. The van der Waals surface area contributed by atoms with E-state index < -0.39 is 0 Å². The van der Waals surface area contributed by atoms with Crippen LogP contribution in [0.2, 0.25) is 0 Å². The van der Waals surface area contributed by atoms with Gasteiger partial charge in [-0.15, -0.1) is 0 Å². The number of aromatic nitrogens is 3. The van der Waals surface area contributed by atoms with Crippen LogP contribution >= 0.6 is 0 Å². The summed E-state index contributed by atoms with van der Waals surface area (Å²) >= 11 is 0. The Bertz CT molecular complexity index is 894. The maximum absolute atomic E-state index is 13.3. The van der Waals surface area contributed by atoms with Gasteiger partial charge in [0.1, 0.15) is 11.5 Å². The number of H-pyrrole nitrogens is 1. The second kappa shape index (κ2) is 7.78. The Hall–Kier alpha value is -2.89. The van der Waals surface area contributed by atoms with Crippen LogP contribution < -0.4 is 0 Å². The number of hydrogen-bond acceptors (Lipinski definition) is 4. The summed E-state index contributed by atoms with van der Waals surface area (Å²) in [6, 6.07) is 9.74. The van der Waals surface area contributed by atoms with E-state index in [4.69, 9.17) is 4.42 Å². The van der Waals surface area contributed by atoms with Crippen molar-refractivity contribution in [1.29, 1.82) is 0 Å². The molecule has 1 aliphatic carbocycles. The molecule has 6 heteroatoms. The van der Waals surface area contributed by atoms with Crippen molar-refractivity contribution in [3.05, 3.63) is 59.7 Å². The molecule has 4 rings (SSSR count). The van der Waals surface area contributed by atoms with Gasteiger partial charge in [0.05, 0.1) is 0 Å². The molecule has 6 nitrogen and oxygen atoms in total. The van der Waals surface area contributed by atoms with Gasteiger partial charge in [-0.1, -0.05) is 19.3 Å². The topological polar surface area (TPSA) is 75.0 Å². The molecule has 3 aromatic heterocycles. The van der Waals surface area contributed by atoms with Crippen molar-refractivity contribution in [2.75, 3.05) is 0 Å². The van der Waals surface area contributed by atoms with Crippen LogP contribution in [0.25, 0.3) is 11.5 Å². The van der Waals surface area contributed by atoms with E-state index in [0.29, 0.717) is 18.0 Å². The van der Waals surface area contributed by atoms with E-state index in [1.807, 2.05) is 36.1 Å². The molecular formula is C21H24N4O2. The van der Waals surface area contributed by atoms with E-state index in [9.17, 15) is 4.79 Å². The second-order valence-electron chi connectivity index (χ2n) is 7.16. The zero-order valence-electron chi connectivity index (χ0n) is 15.5. The maximum Gasteiger partial charge on any atom is 0.274 e. The van der Waals surface area contributed by atoms with Gasteiger partial charge < -0.3 is 9.32 Å². The third-order valence-corrected chi connectivity index (χ3v) is 5.18.